The monoisotopic (exact) mass is 212 g/mol. The molecule has 0 aliphatic heterocycles. The van der Waals surface area contributed by atoms with Gasteiger partial charge in [0.25, 0.3) is 5.56 Å². The van der Waals surface area contributed by atoms with Crippen LogP contribution in [0.5, 0.6) is 0 Å². The van der Waals surface area contributed by atoms with E-state index in [4.69, 9.17) is 9.84 Å². The summed E-state index contributed by atoms with van der Waals surface area (Å²) >= 11 is 0. The van der Waals surface area contributed by atoms with E-state index in [0.717, 1.165) is 6.07 Å². The fraction of sp³-hybridized carbons (Fsp3) is 0.444. The number of nitrogens with one attached hydrogen (secondary N) is 1. The Kier molecular flexibility index (Phi) is 3.99. The van der Waals surface area contributed by atoms with Crippen molar-refractivity contribution >= 4 is 5.97 Å². The molecule has 0 aliphatic rings. The first-order valence-corrected chi connectivity index (χ1v) is 4.46. The van der Waals surface area contributed by atoms with E-state index in [9.17, 15) is 9.59 Å². The van der Waals surface area contributed by atoms with Crippen molar-refractivity contribution < 1.29 is 14.6 Å². The molecule has 6 heteroatoms. The van der Waals surface area contributed by atoms with Crippen LogP contribution in [0.3, 0.4) is 0 Å². The molecule has 6 nitrogen and oxygen atoms in total. The third kappa shape index (κ3) is 3.51. The Balaban J connectivity index is 2.80. The molecule has 1 aromatic rings. The first-order chi connectivity index (χ1) is 7.13. The lowest BCUT2D eigenvalue weighted by atomic mass is 10.3. The maximum Gasteiger partial charge on any atom is 0.354 e. The molecule has 82 valence electrons. The number of aromatic amines is 1. The van der Waals surface area contributed by atoms with E-state index in [2.05, 4.69) is 9.97 Å². The van der Waals surface area contributed by atoms with Gasteiger partial charge < -0.3 is 14.8 Å². The second-order valence-corrected chi connectivity index (χ2v) is 2.98. The second-order valence-electron chi connectivity index (χ2n) is 2.98. The van der Waals surface area contributed by atoms with Crippen molar-refractivity contribution in [3.8, 4) is 0 Å². The van der Waals surface area contributed by atoms with Crippen LogP contribution in [0.4, 0.5) is 0 Å². The molecule has 0 atom stereocenters. The van der Waals surface area contributed by atoms with Gasteiger partial charge in [0.2, 0.25) is 0 Å². The number of rotatable bonds is 5. The fourth-order valence-electron chi connectivity index (χ4n) is 1.12. The molecule has 0 bridgehead atoms. The number of aryl methyl sites for hydroxylation is 1. The summed E-state index contributed by atoms with van der Waals surface area (Å²) in [5.41, 5.74) is -0.680. The average Bonchev–Trinajstić information content (AvgIpc) is 2.17. The van der Waals surface area contributed by atoms with Gasteiger partial charge in [0.15, 0.2) is 5.69 Å². The number of aromatic carboxylic acids is 1. The van der Waals surface area contributed by atoms with Gasteiger partial charge in [0.1, 0.15) is 5.82 Å². The van der Waals surface area contributed by atoms with Gasteiger partial charge in [-0.15, -0.1) is 0 Å². The lowest BCUT2D eigenvalue weighted by Crippen LogP contribution is -2.16. The number of hydrogen-bond acceptors (Lipinski definition) is 4. The lowest BCUT2D eigenvalue weighted by Gasteiger charge is -2.01. The minimum Gasteiger partial charge on any atom is -0.477 e. The van der Waals surface area contributed by atoms with E-state index >= 15 is 0 Å². The quantitative estimate of drug-likeness (QED) is 0.672. The SMILES string of the molecule is COCCCc1nc(C(=O)O)cc(=O)[nH]1. The summed E-state index contributed by atoms with van der Waals surface area (Å²) < 4.78 is 4.84. The molecule has 1 heterocycles. The summed E-state index contributed by atoms with van der Waals surface area (Å²) in [7, 11) is 1.57. The number of ether oxygens (including phenoxy) is 1. The van der Waals surface area contributed by atoms with Crippen molar-refractivity contribution in [2.75, 3.05) is 13.7 Å². The van der Waals surface area contributed by atoms with Crippen LogP contribution in [-0.4, -0.2) is 34.8 Å². The Morgan fingerprint density at radius 2 is 2.40 bits per heavy atom. The van der Waals surface area contributed by atoms with E-state index < -0.39 is 11.5 Å². The van der Waals surface area contributed by atoms with Crippen LogP contribution in [0.1, 0.15) is 22.7 Å². The average molecular weight is 212 g/mol. The number of carboxylic acid groups (broad SMARTS) is 1. The van der Waals surface area contributed by atoms with Gasteiger partial charge >= 0.3 is 5.97 Å². The number of carboxylic acids is 1. The van der Waals surface area contributed by atoms with Crippen molar-refractivity contribution in [3.63, 3.8) is 0 Å². The Bertz CT molecular complexity index is 399. The van der Waals surface area contributed by atoms with Crippen LogP contribution in [0, 0.1) is 0 Å². The first kappa shape index (κ1) is 11.4. The number of aromatic nitrogens is 2. The Morgan fingerprint density at radius 1 is 1.67 bits per heavy atom. The number of hydrogen-bond donors (Lipinski definition) is 2. The highest BCUT2D eigenvalue weighted by Gasteiger charge is 2.07. The highest BCUT2D eigenvalue weighted by molar-refractivity contribution is 5.85. The Morgan fingerprint density at radius 3 is 3.00 bits per heavy atom. The van der Waals surface area contributed by atoms with Crippen molar-refractivity contribution in [2.24, 2.45) is 0 Å². The molecule has 0 fully saturated rings. The zero-order chi connectivity index (χ0) is 11.3. The molecule has 0 saturated carbocycles. The lowest BCUT2D eigenvalue weighted by molar-refractivity contribution is 0.0689. The minimum atomic E-state index is -1.20. The molecule has 1 aromatic heterocycles. The van der Waals surface area contributed by atoms with E-state index in [0.29, 0.717) is 25.3 Å². The molecule has 0 aliphatic carbocycles. The third-order valence-electron chi connectivity index (χ3n) is 1.77. The van der Waals surface area contributed by atoms with Gasteiger partial charge in [-0.1, -0.05) is 0 Å². The largest absolute Gasteiger partial charge is 0.477 e. The van der Waals surface area contributed by atoms with Crippen LogP contribution >= 0.6 is 0 Å². The molecule has 0 spiro atoms. The Labute approximate surface area is 85.9 Å². The van der Waals surface area contributed by atoms with E-state index in [1.807, 2.05) is 0 Å². The van der Waals surface area contributed by atoms with Crippen LogP contribution < -0.4 is 5.56 Å². The molecule has 0 amide bonds. The predicted molar refractivity (Wildman–Crippen MR) is 52.0 cm³/mol. The molecule has 1 rings (SSSR count). The topological polar surface area (TPSA) is 92.3 Å². The first-order valence-electron chi connectivity index (χ1n) is 4.46. The molecule has 0 saturated heterocycles. The fourth-order valence-corrected chi connectivity index (χ4v) is 1.12. The molecule has 0 aromatic carbocycles. The zero-order valence-corrected chi connectivity index (χ0v) is 8.32. The van der Waals surface area contributed by atoms with E-state index in [1.165, 1.54) is 0 Å². The van der Waals surface area contributed by atoms with E-state index in [-0.39, 0.29) is 5.69 Å². The van der Waals surface area contributed by atoms with Gasteiger partial charge in [-0.25, -0.2) is 9.78 Å². The standard InChI is InChI=1S/C9H12N2O4/c1-15-4-2-3-7-10-6(9(13)14)5-8(12)11-7/h5H,2-4H2,1H3,(H,13,14)(H,10,11,12). The number of methoxy groups -OCH3 is 1. The zero-order valence-electron chi connectivity index (χ0n) is 8.32. The number of H-pyrrole nitrogens is 1. The minimum absolute atomic E-state index is 0.230. The van der Waals surface area contributed by atoms with Crippen LogP contribution in [0.25, 0.3) is 0 Å². The summed E-state index contributed by atoms with van der Waals surface area (Å²) in [5, 5.41) is 8.67. The van der Waals surface area contributed by atoms with Gasteiger partial charge in [0, 0.05) is 26.2 Å². The second kappa shape index (κ2) is 5.26. The number of nitrogens with zero attached hydrogens (tertiary/aromatic N) is 1. The summed E-state index contributed by atoms with van der Waals surface area (Å²) in [5.74, 6) is -0.828. The molecule has 2 N–H and O–H groups in total. The highest BCUT2D eigenvalue weighted by Crippen LogP contribution is 1.96. The summed E-state index contributed by atoms with van der Waals surface area (Å²) in [6, 6.07) is 0.960. The summed E-state index contributed by atoms with van der Waals surface area (Å²) in [6.45, 7) is 0.543. The number of carbonyl (C=O) groups is 1. The van der Waals surface area contributed by atoms with Crippen molar-refractivity contribution in [1.82, 2.24) is 9.97 Å². The normalized spacial score (nSPS) is 10.2. The van der Waals surface area contributed by atoms with Gasteiger partial charge in [-0.3, -0.25) is 4.79 Å². The maximum atomic E-state index is 11.1. The van der Waals surface area contributed by atoms with Crippen molar-refractivity contribution in [1.29, 1.82) is 0 Å². The van der Waals surface area contributed by atoms with Gasteiger partial charge in [0.05, 0.1) is 0 Å². The maximum absolute atomic E-state index is 11.1. The summed E-state index contributed by atoms with van der Waals surface area (Å²) in [4.78, 5) is 27.9. The molecule has 0 radical (unpaired) electrons. The Hall–Kier alpha value is -1.69. The van der Waals surface area contributed by atoms with Crippen molar-refractivity contribution in [2.45, 2.75) is 12.8 Å². The highest BCUT2D eigenvalue weighted by atomic mass is 16.5. The smallest absolute Gasteiger partial charge is 0.354 e. The van der Waals surface area contributed by atoms with Crippen LogP contribution in [0.15, 0.2) is 10.9 Å². The summed E-state index contributed by atoms with van der Waals surface area (Å²) in [6.07, 6.45) is 1.17. The molecule has 15 heavy (non-hydrogen) atoms. The third-order valence-corrected chi connectivity index (χ3v) is 1.77. The molecule has 0 unspecified atom stereocenters. The van der Waals surface area contributed by atoms with Gasteiger partial charge in [-0.05, 0) is 6.42 Å². The molecular formula is C9H12N2O4. The van der Waals surface area contributed by atoms with Crippen LogP contribution in [0.2, 0.25) is 0 Å². The predicted octanol–water partition coefficient (Wildman–Crippen LogP) is 0.0471. The van der Waals surface area contributed by atoms with Crippen molar-refractivity contribution in [3.05, 3.63) is 27.9 Å². The van der Waals surface area contributed by atoms with Gasteiger partial charge in [-0.2, -0.15) is 0 Å². The van der Waals surface area contributed by atoms with Crippen LogP contribution in [-0.2, 0) is 11.2 Å². The molecular weight excluding hydrogens is 200 g/mol. The van der Waals surface area contributed by atoms with E-state index in [1.54, 1.807) is 7.11 Å².